The number of aryl methyl sites for hydroxylation is 3. The predicted octanol–water partition coefficient (Wildman–Crippen LogP) is 4.65. The molecular formula is C21H26BrNO4S. The quantitative estimate of drug-likeness (QED) is 0.305. The SMILES string of the molecule is COCCn1c(C)cc(C(=O)COC(=O)CSc2cc(C)c(Br)cc2C)c1C. The fraction of sp³-hybridized carbons (Fsp3) is 0.429. The van der Waals surface area contributed by atoms with Crippen molar-refractivity contribution in [2.75, 3.05) is 26.1 Å². The van der Waals surface area contributed by atoms with Crippen molar-refractivity contribution >= 4 is 39.4 Å². The molecule has 0 aliphatic rings. The average molecular weight is 468 g/mol. The smallest absolute Gasteiger partial charge is 0.316 e. The van der Waals surface area contributed by atoms with Crippen molar-refractivity contribution < 1.29 is 19.1 Å². The molecule has 1 aromatic heterocycles. The summed E-state index contributed by atoms with van der Waals surface area (Å²) in [6, 6.07) is 5.91. The summed E-state index contributed by atoms with van der Waals surface area (Å²) in [5, 5.41) is 0. The Morgan fingerprint density at radius 1 is 1.11 bits per heavy atom. The Bertz CT molecular complexity index is 876. The summed E-state index contributed by atoms with van der Waals surface area (Å²) in [4.78, 5) is 25.6. The Balaban J connectivity index is 1.91. The first-order chi connectivity index (χ1) is 13.2. The van der Waals surface area contributed by atoms with E-state index in [-0.39, 0.29) is 18.1 Å². The number of hydrogen-bond donors (Lipinski definition) is 0. The van der Waals surface area contributed by atoms with Gasteiger partial charge in [0.1, 0.15) is 0 Å². The van der Waals surface area contributed by atoms with Crippen LogP contribution < -0.4 is 0 Å². The molecule has 0 radical (unpaired) electrons. The van der Waals surface area contributed by atoms with Crippen molar-refractivity contribution in [2.24, 2.45) is 0 Å². The van der Waals surface area contributed by atoms with Gasteiger partial charge in [-0.25, -0.2) is 0 Å². The third kappa shape index (κ3) is 5.72. The summed E-state index contributed by atoms with van der Waals surface area (Å²) in [7, 11) is 1.65. The number of methoxy groups -OCH3 is 1. The largest absolute Gasteiger partial charge is 0.457 e. The molecule has 0 atom stereocenters. The number of benzene rings is 1. The maximum atomic E-state index is 12.5. The molecule has 0 saturated heterocycles. The summed E-state index contributed by atoms with van der Waals surface area (Å²) < 4.78 is 13.4. The lowest BCUT2D eigenvalue weighted by molar-refractivity contribution is -0.139. The van der Waals surface area contributed by atoms with E-state index in [9.17, 15) is 9.59 Å². The minimum absolute atomic E-state index is 0.169. The van der Waals surface area contributed by atoms with Crippen molar-refractivity contribution in [3.05, 3.63) is 50.8 Å². The first-order valence-corrected chi connectivity index (χ1v) is 10.8. The highest BCUT2D eigenvalue weighted by atomic mass is 79.9. The standard InChI is InChI=1S/C21H26BrNO4S/c1-13-9-20(14(2)8-18(13)22)28-12-21(25)27-11-19(24)17-10-15(3)23(16(17)4)6-7-26-5/h8-10H,6-7,11-12H2,1-5H3. The number of ether oxygens (including phenoxy) is 2. The monoisotopic (exact) mass is 467 g/mol. The fourth-order valence-corrected chi connectivity index (χ4v) is 4.28. The van der Waals surface area contributed by atoms with Crippen molar-refractivity contribution in [1.29, 1.82) is 0 Å². The van der Waals surface area contributed by atoms with Gasteiger partial charge in [0.2, 0.25) is 5.78 Å². The van der Waals surface area contributed by atoms with Crippen LogP contribution in [-0.2, 0) is 20.8 Å². The second kappa shape index (κ2) is 10.3. The van der Waals surface area contributed by atoms with Gasteiger partial charge in [0.05, 0.1) is 12.4 Å². The van der Waals surface area contributed by atoms with Crippen molar-refractivity contribution in [3.63, 3.8) is 0 Å². The molecule has 28 heavy (non-hydrogen) atoms. The maximum absolute atomic E-state index is 12.5. The van der Waals surface area contributed by atoms with Gasteiger partial charge in [-0.2, -0.15) is 0 Å². The topological polar surface area (TPSA) is 57.5 Å². The highest BCUT2D eigenvalue weighted by Gasteiger charge is 2.17. The van der Waals surface area contributed by atoms with E-state index in [0.717, 1.165) is 31.9 Å². The lowest BCUT2D eigenvalue weighted by Gasteiger charge is -2.10. The number of rotatable bonds is 9. The lowest BCUT2D eigenvalue weighted by atomic mass is 10.1. The van der Waals surface area contributed by atoms with Crippen molar-refractivity contribution in [3.8, 4) is 0 Å². The number of halogens is 1. The summed E-state index contributed by atoms with van der Waals surface area (Å²) in [5.74, 6) is -0.417. The van der Waals surface area contributed by atoms with Crippen LogP contribution in [0.2, 0.25) is 0 Å². The third-order valence-electron chi connectivity index (χ3n) is 4.56. The van der Waals surface area contributed by atoms with Crippen LogP contribution in [0.15, 0.2) is 27.6 Å². The number of nitrogens with zero attached hydrogens (tertiary/aromatic N) is 1. The van der Waals surface area contributed by atoms with E-state index in [1.807, 2.05) is 50.5 Å². The van der Waals surface area contributed by atoms with Gasteiger partial charge < -0.3 is 14.0 Å². The molecule has 0 aliphatic carbocycles. The van der Waals surface area contributed by atoms with Crippen LogP contribution >= 0.6 is 27.7 Å². The molecule has 7 heteroatoms. The minimum Gasteiger partial charge on any atom is -0.457 e. The van der Waals surface area contributed by atoms with Gasteiger partial charge in [-0.3, -0.25) is 9.59 Å². The minimum atomic E-state index is -0.397. The zero-order chi connectivity index (χ0) is 20.8. The van der Waals surface area contributed by atoms with E-state index < -0.39 is 5.97 Å². The van der Waals surface area contributed by atoms with Crippen molar-refractivity contribution in [1.82, 2.24) is 4.57 Å². The molecule has 0 amide bonds. The summed E-state index contributed by atoms with van der Waals surface area (Å²) in [6.07, 6.45) is 0. The second-order valence-corrected chi connectivity index (χ2v) is 8.54. The molecule has 0 saturated carbocycles. The summed E-state index contributed by atoms with van der Waals surface area (Å²) >= 11 is 4.92. The van der Waals surface area contributed by atoms with Crippen LogP contribution in [0.1, 0.15) is 32.9 Å². The van der Waals surface area contributed by atoms with E-state index in [1.165, 1.54) is 11.8 Å². The van der Waals surface area contributed by atoms with E-state index >= 15 is 0 Å². The zero-order valence-corrected chi connectivity index (χ0v) is 19.3. The molecule has 2 aromatic rings. The Morgan fingerprint density at radius 3 is 2.50 bits per heavy atom. The number of esters is 1. The van der Waals surface area contributed by atoms with Gasteiger partial charge in [0.15, 0.2) is 6.61 Å². The van der Waals surface area contributed by atoms with Crippen LogP contribution in [0.3, 0.4) is 0 Å². The van der Waals surface area contributed by atoms with Gasteiger partial charge in [-0.15, -0.1) is 11.8 Å². The Kier molecular flexibility index (Phi) is 8.34. The fourth-order valence-electron chi connectivity index (χ4n) is 2.92. The number of carbonyl (C=O) groups excluding carboxylic acids is 2. The van der Waals surface area contributed by atoms with Crippen LogP contribution in [0.4, 0.5) is 0 Å². The molecule has 5 nitrogen and oxygen atoms in total. The molecule has 1 aromatic carbocycles. The summed E-state index contributed by atoms with van der Waals surface area (Å²) in [6.45, 7) is 8.87. The summed E-state index contributed by atoms with van der Waals surface area (Å²) in [5.41, 5.74) is 4.65. The van der Waals surface area contributed by atoms with Gasteiger partial charge >= 0.3 is 5.97 Å². The van der Waals surface area contributed by atoms with Crippen LogP contribution in [0, 0.1) is 27.7 Å². The first kappa shape index (κ1) is 22.7. The Hall–Kier alpha value is -1.57. The van der Waals surface area contributed by atoms with Gasteiger partial charge in [0.25, 0.3) is 0 Å². The zero-order valence-electron chi connectivity index (χ0n) is 16.9. The number of ketones is 1. The molecule has 0 spiro atoms. The Labute approximate surface area is 178 Å². The molecule has 2 rings (SSSR count). The van der Waals surface area contributed by atoms with Crippen LogP contribution in [0.5, 0.6) is 0 Å². The number of hydrogen-bond acceptors (Lipinski definition) is 5. The predicted molar refractivity (Wildman–Crippen MR) is 115 cm³/mol. The maximum Gasteiger partial charge on any atom is 0.316 e. The van der Waals surface area contributed by atoms with E-state index in [4.69, 9.17) is 9.47 Å². The highest BCUT2D eigenvalue weighted by Crippen LogP contribution is 2.28. The number of thioether (sulfide) groups is 1. The number of aromatic nitrogens is 1. The molecule has 0 N–H and O–H groups in total. The molecule has 1 heterocycles. The lowest BCUT2D eigenvalue weighted by Crippen LogP contribution is -2.16. The van der Waals surface area contributed by atoms with Crippen LogP contribution in [0.25, 0.3) is 0 Å². The number of carbonyl (C=O) groups is 2. The third-order valence-corrected chi connectivity index (χ3v) is 6.54. The van der Waals surface area contributed by atoms with Gasteiger partial charge in [-0.1, -0.05) is 15.9 Å². The average Bonchev–Trinajstić information content (AvgIpc) is 2.93. The molecule has 0 unspecified atom stereocenters. The molecule has 0 bridgehead atoms. The van der Waals surface area contributed by atoms with E-state index in [2.05, 4.69) is 15.9 Å². The van der Waals surface area contributed by atoms with Gasteiger partial charge in [0, 0.05) is 40.0 Å². The van der Waals surface area contributed by atoms with E-state index in [1.54, 1.807) is 7.11 Å². The van der Waals surface area contributed by atoms with Crippen molar-refractivity contribution in [2.45, 2.75) is 39.1 Å². The highest BCUT2D eigenvalue weighted by molar-refractivity contribution is 9.10. The molecular weight excluding hydrogens is 442 g/mol. The number of Topliss-reactive ketones (excluding diaryl/α,β-unsaturated/α-hetero) is 1. The van der Waals surface area contributed by atoms with E-state index in [0.29, 0.717) is 18.7 Å². The first-order valence-electron chi connectivity index (χ1n) is 8.98. The normalized spacial score (nSPS) is 10.9. The molecule has 0 fully saturated rings. The molecule has 152 valence electrons. The van der Waals surface area contributed by atoms with Crippen LogP contribution in [-0.4, -0.2) is 42.4 Å². The second-order valence-electron chi connectivity index (χ2n) is 6.67. The molecule has 0 aliphatic heterocycles. The Morgan fingerprint density at radius 2 is 1.82 bits per heavy atom. The van der Waals surface area contributed by atoms with Gasteiger partial charge in [-0.05, 0) is 57.0 Å².